The molecule has 0 saturated carbocycles. The molecule has 1 aliphatic heterocycles. The van der Waals surface area contributed by atoms with E-state index in [0.29, 0.717) is 12.0 Å². The lowest BCUT2D eigenvalue weighted by atomic mass is 10.1. The molecule has 0 aliphatic carbocycles. The van der Waals surface area contributed by atoms with Gasteiger partial charge < -0.3 is 10.2 Å². The van der Waals surface area contributed by atoms with E-state index in [1.807, 2.05) is 30.0 Å². The van der Waals surface area contributed by atoms with Crippen LogP contribution in [-0.2, 0) is 7.05 Å². The van der Waals surface area contributed by atoms with Crippen LogP contribution in [0.25, 0.3) is 27.7 Å². The molecule has 1 aromatic carbocycles. The van der Waals surface area contributed by atoms with Crippen LogP contribution in [-0.4, -0.2) is 60.7 Å². The van der Waals surface area contributed by atoms with Gasteiger partial charge >= 0.3 is 0 Å². The summed E-state index contributed by atoms with van der Waals surface area (Å²) in [6.45, 7) is 2.22. The first-order chi connectivity index (χ1) is 13.2. The van der Waals surface area contributed by atoms with Crippen LogP contribution >= 0.6 is 0 Å². The zero-order chi connectivity index (χ0) is 18.4. The van der Waals surface area contributed by atoms with E-state index in [-0.39, 0.29) is 0 Å². The zero-order valence-corrected chi connectivity index (χ0v) is 15.5. The van der Waals surface area contributed by atoms with E-state index in [2.05, 4.69) is 55.9 Å². The van der Waals surface area contributed by atoms with Gasteiger partial charge in [-0.3, -0.25) is 0 Å². The van der Waals surface area contributed by atoms with Crippen molar-refractivity contribution in [3.63, 3.8) is 0 Å². The second-order valence-corrected chi connectivity index (χ2v) is 7.28. The molecular weight excluding hydrogens is 340 g/mol. The van der Waals surface area contributed by atoms with Gasteiger partial charge in [0.1, 0.15) is 5.52 Å². The Morgan fingerprint density at radius 1 is 1.07 bits per heavy atom. The minimum absolute atomic E-state index is 0.438. The fourth-order valence-electron chi connectivity index (χ4n) is 3.74. The maximum absolute atomic E-state index is 4.66. The van der Waals surface area contributed by atoms with E-state index in [1.54, 1.807) is 4.68 Å². The number of piperidine rings is 1. The van der Waals surface area contributed by atoms with Gasteiger partial charge in [0.25, 0.3) is 0 Å². The summed E-state index contributed by atoms with van der Waals surface area (Å²) in [5, 5.41) is 16.4. The summed E-state index contributed by atoms with van der Waals surface area (Å²) in [6, 6.07) is 8.69. The molecule has 4 heterocycles. The quantitative estimate of drug-likeness (QED) is 0.602. The number of hydrogen-bond acceptors (Lipinski definition) is 6. The third-order valence-corrected chi connectivity index (χ3v) is 5.39. The summed E-state index contributed by atoms with van der Waals surface area (Å²) >= 11 is 0. The zero-order valence-electron chi connectivity index (χ0n) is 15.5. The Balaban J connectivity index is 1.45. The molecule has 0 unspecified atom stereocenters. The summed E-state index contributed by atoms with van der Waals surface area (Å²) in [4.78, 5) is 6.92. The van der Waals surface area contributed by atoms with E-state index in [0.717, 1.165) is 53.6 Å². The molecule has 1 saturated heterocycles. The average Bonchev–Trinajstić information content (AvgIpc) is 3.27. The van der Waals surface area contributed by atoms with Crippen molar-refractivity contribution in [3.05, 3.63) is 36.7 Å². The Kier molecular flexibility index (Phi) is 3.78. The van der Waals surface area contributed by atoms with Crippen molar-refractivity contribution in [3.8, 4) is 11.1 Å². The Labute approximate surface area is 156 Å². The van der Waals surface area contributed by atoms with Crippen molar-refractivity contribution < 1.29 is 0 Å². The van der Waals surface area contributed by atoms with E-state index in [1.165, 1.54) is 0 Å². The first kappa shape index (κ1) is 16.2. The topological polar surface area (TPSA) is 76.2 Å². The number of hydrogen-bond donors (Lipinski definition) is 1. The van der Waals surface area contributed by atoms with E-state index in [4.69, 9.17) is 0 Å². The smallest absolute Gasteiger partial charge is 0.241 e. The van der Waals surface area contributed by atoms with Gasteiger partial charge in [-0.15, -0.1) is 10.2 Å². The second kappa shape index (κ2) is 6.31. The van der Waals surface area contributed by atoms with Crippen LogP contribution in [0.3, 0.4) is 0 Å². The minimum atomic E-state index is 0.438. The molecule has 138 valence electrons. The monoisotopic (exact) mass is 362 g/mol. The summed E-state index contributed by atoms with van der Waals surface area (Å²) in [6.07, 6.45) is 6.12. The van der Waals surface area contributed by atoms with E-state index in [9.17, 15) is 0 Å². The van der Waals surface area contributed by atoms with Gasteiger partial charge in [0.2, 0.25) is 5.95 Å². The fraction of sp³-hybridized carbons (Fsp3) is 0.368. The van der Waals surface area contributed by atoms with Crippen LogP contribution in [0.1, 0.15) is 12.8 Å². The van der Waals surface area contributed by atoms with Gasteiger partial charge in [-0.1, -0.05) is 11.3 Å². The minimum Gasteiger partial charge on any atom is -0.350 e. The maximum Gasteiger partial charge on any atom is 0.241 e. The van der Waals surface area contributed by atoms with Gasteiger partial charge in [-0.2, -0.15) is 0 Å². The molecule has 27 heavy (non-hydrogen) atoms. The molecule has 0 atom stereocenters. The molecule has 0 amide bonds. The lowest BCUT2D eigenvalue weighted by Gasteiger charge is -2.29. The average molecular weight is 362 g/mol. The van der Waals surface area contributed by atoms with Crippen molar-refractivity contribution in [2.75, 3.05) is 25.5 Å². The fourth-order valence-corrected chi connectivity index (χ4v) is 3.74. The number of benzene rings is 1. The van der Waals surface area contributed by atoms with Gasteiger partial charge in [-0.05, 0) is 56.7 Å². The normalized spacial score (nSPS) is 16.4. The first-order valence-electron chi connectivity index (χ1n) is 9.27. The molecule has 8 heteroatoms. The number of rotatable bonds is 3. The number of nitrogens with zero attached hydrogens (tertiary/aromatic N) is 7. The lowest BCUT2D eigenvalue weighted by molar-refractivity contribution is 0.263. The third kappa shape index (κ3) is 2.91. The number of anilines is 1. The predicted molar refractivity (Wildman–Crippen MR) is 105 cm³/mol. The van der Waals surface area contributed by atoms with Gasteiger partial charge in [-0.25, -0.2) is 14.2 Å². The Hall–Kier alpha value is -3.00. The van der Waals surface area contributed by atoms with Crippen molar-refractivity contribution in [1.82, 2.24) is 34.5 Å². The third-order valence-electron chi connectivity index (χ3n) is 5.39. The molecule has 8 nitrogen and oxygen atoms in total. The number of aromatic nitrogens is 6. The second-order valence-electron chi connectivity index (χ2n) is 7.28. The SMILES string of the molecule is CN1CCC(Nc2ncc3c(-c4ccc5nnn(C)c5c4)ccn3n2)CC1. The van der Waals surface area contributed by atoms with E-state index >= 15 is 0 Å². The molecule has 0 bridgehead atoms. The lowest BCUT2D eigenvalue weighted by Crippen LogP contribution is -2.37. The molecule has 1 fully saturated rings. The Morgan fingerprint density at radius 3 is 2.78 bits per heavy atom. The van der Waals surface area contributed by atoms with Crippen LogP contribution in [0.5, 0.6) is 0 Å². The molecule has 3 aromatic heterocycles. The summed E-state index contributed by atoms with van der Waals surface area (Å²) in [5.74, 6) is 0.686. The van der Waals surface area contributed by atoms with Gasteiger partial charge in [0.15, 0.2) is 0 Å². The van der Waals surface area contributed by atoms with Crippen LogP contribution in [0.2, 0.25) is 0 Å². The Morgan fingerprint density at radius 2 is 1.93 bits per heavy atom. The van der Waals surface area contributed by atoms with Gasteiger partial charge in [0, 0.05) is 24.8 Å². The first-order valence-corrected chi connectivity index (χ1v) is 9.27. The van der Waals surface area contributed by atoms with Crippen molar-refractivity contribution in [2.45, 2.75) is 18.9 Å². The number of nitrogens with one attached hydrogen (secondary N) is 1. The molecular formula is C19H22N8. The maximum atomic E-state index is 4.66. The highest BCUT2D eigenvalue weighted by Gasteiger charge is 2.17. The number of fused-ring (bicyclic) bond motifs is 2. The van der Waals surface area contributed by atoms with Crippen molar-refractivity contribution in [1.29, 1.82) is 0 Å². The number of likely N-dealkylation sites (tertiary alicyclic amines) is 1. The Bertz CT molecular complexity index is 1100. The van der Waals surface area contributed by atoms with Crippen LogP contribution in [0.15, 0.2) is 36.7 Å². The van der Waals surface area contributed by atoms with Crippen molar-refractivity contribution in [2.24, 2.45) is 7.05 Å². The highest BCUT2D eigenvalue weighted by Crippen LogP contribution is 2.28. The highest BCUT2D eigenvalue weighted by molar-refractivity contribution is 5.87. The predicted octanol–water partition coefficient (Wildman–Crippen LogP) is 2.18. The highest BCUT2D eigenvalue weighted by atomic mass is 15.4. The van der Waals surface area contributed by atoms with Gasteiger partial charge in [0.05, 0.1) is 17.2 Å². The molecule has 5 rings (SSSR count). The summed E-state index contributed by atoms with van der Waals surface area (Å²) < 4.78 is 3.68. The standard InChI is InChI=1S/C19H22N8/c1-25-8-5-14(6-9-25)21-19-20-12-18-15(7-10-27(18)23-19)13-3-4-16-17(11-13)26(2)24-22-16/h3-4,7,10-12,14H,5-6,8-9H2,1-2H3,(H,21,23). The van der Waals surface area contributed by atoms with Crippen LogP contribution < -0.4 is 5.32 Å². The van der Waals surface area contributed by atoms with Crippen LogP contribution in [0, 0.1) is 0 Å². The molecule has 1 aliphatic rings. The molecule has 0 spiro atoms. The summed E-state index contributed by atoms with van der Waals surface area (Å²) in [5.41, 5.74) is 5.09. The summed E-state index contributed by atoms with van der Waals surface area (Å²) in [7, 11) is 4.07. The molecule has 4 aromatic rings. The number of aryl methyl sites for hydroxylation is 1. The largest absolute Gasteiger partial charge is 0.350 e. The van der Waals surface area contributed by atoms with Crippen molar-refractivity contribution >= 4 is 22.5 Å². The van der Waals surface area contributed by atoms with Crippen LogP contribution in [0.4, 0.5) is 5.95 Å². The molecule has 1 N–H and O–H groups in total. The van der Waals surface area contributed by atoms with E-state index < -0.39 is 0 Å². The molecule has 0 radical (unpaired) electrons.